The Kier molecular flexibility index (Phi) is 7.17. The molecule has 1 heterocycles. The molecule has 0 saturated heterocycles. The molecule has 0 aliphatic heterocycles. The van der Waals surface area contributed by atoms with E-state index in [2.05, 4.69) is 13.8 Å². The lowest BCUT2D eigenvalue weighted by Gasteiger charge is -2.64. The zero-order chi connectivity index (χ0) is 24.7. The first-order valence-corrected chi connectivity index (χ1v) is 14.1. The molecule has 0 spiro atoms. The quantitative estimate of drug-likeness (QED) is 0.431. The van der Waals surface area contributed by atoms with Crippen molar-refractivity contribution in [2.45, 2.75) is 102 Å². The van der Waals surface area contributed by atoms with E-state index in [9.17, 15) is 10.2 Å². The summed E-state index contributed by atoms with van der Waals surface area (Å²) >= 11 is 0. The lowest BCUT2D eigenvalue weighted by atomic mass is 9.43. The van der Waals surface area contributed by atoms with E-state index in [-0.39, 0.29) is 24.5 Å². The van der Waals surface area contributed by atoms with Crippen LogP contribution in [0.5, 0.6) is 0 Å². The molecule has 0 bridgehead atoms. The molecule has 4 fully saturated rings. The van der Waals surface area contributed by atoms with Crippen molar-refractivity contribution in [2.24, 2.45) is 28.6 Å². The van der Waals surface area contributed by atoms with Crippen molar-refractivity contribution in [3.63, 3.8) is 0 Å². The van der Waals surface area contributed by atoms with E-state index in [0.717, 1.165) is 63.4 Å². The van der Waals surface area contributed by atoms with E-state index in [4.69, 9.17) is 19.0 Å². The van der Waals surface area contributed by atoms with E-state index < -0.39 is 16.6 Å². The Morgan fingerprint density at radius 2 is 1.74 bits per heavy atom. The predicted octanol–water partition coefficient (Wildman–Crippen LogP) is 4.80. The summed E-state index contributed by atoms with van der Waals surface area (Å²) in [7, 11) is 0. The summed E-state index contributed by atoms with van der Waals surface area (Å²) in [6, 6.07) is 2.01. The van der Waals surface area contributed by atoms with Crippen LogP contribution in [-0.2, 0) is 15.1 Å². The summed E-state index contributed by atoms with van der Waals surface area (Å²) in [4.78, 5) is 0. The highest BCUT2D eigenvalue weighted by molar-refractivity contribution is 5.31. The zero-order valence-corrected chi connectivity index (χ0v) is 21.7. The Morgan fingerprint density at radius 1 is 0.943 bits per heavy atom. The fraction of sp³-hybridized carbons (Fsp3) is 0.862. The first kappa shape index (κ1) is 25.7. The van der Waals surface area contributed by atoms with Gasteiger partial charge in [0.2, 0.25) is 0 Å². The molecule has 1 aromatic rings. The summed E-state index contributed by atoms with van der Waals surface area (Å²) in [6.45, 7) is 6.21. The van der Waals surface area contributed by atoms with E-state index >= 15 is 0 Å². The monoisotopic (exact) mass is 490 g/mol. The molecule has 6 nitrogen and oxygen atoms in total. The van der Waals surface area contributed by atoms with Crippen LogP contribution in [0.1, 0.15) is 90.0 Å². The first-order chi connectivity index (χ1) is 16.8. The number of aliphatic hydroxyl groups is 3. The maximum Gasteiger partial charge on any atom is 0.104 e. The van der Waals surface area contributed by atoms with E-state index in [1.54, 1.807) is 12.5 Å². The maximum atomic E-state index is 12.6. The van der Waals surface area contributed by atoms with Crippen molar-refractivity contribution >= 4 is 0 Å². The molecule has 0 aromatic carbocycles. The lowest BCUT2D eigenvalue weighted by Crippen LogP contribution is -2.65. The SMILES string of the molecule is C[C@]12CCC(OCCCO)CC1CC[C@@H]1[C@H]2CC[C@]2(C)C(OCCCO)(c3ccoc3)CC[C@@]12O. The molecule has 0 amide bonds. The third-order valence-corrected chi connectivity index (χ3v) is 11.2. The lowest BCUT2D eigenvalue weighted by molar-refractivity contribution is -0.249. The van der Waals surface area contributed by atoms with Gasteiger partial charge in [-0.2, -0.15) is 0 Å². The standard InChI is InChI=1S/C29H46O6/c1-26-10-7-23(34-16-3-14-30)19-21(26)5-6-25-24(26)8-11-27(2)28(25,32)12-13-29(27,35-17-4-15-31)22-9-18-33-20-22/h9,18,20-21,23-25,30-32H,3-8,10-17,19H2,1-2H3/t21?,23?,24-,25-,26+,27+,28-,29?/m1/s1. The molecule has 6 heteroatoms. The number of rotatable bonds is 9. The van der Waals surface area contributed by atoms with E-state index in [0.29, 0.717) is 44.0 Å². The topological polar surface area (TPSA) is 92.3 Å². The van der Waals surface area contributed by atoms with Crippen LogP contribution in [0.25, 0.3) is 0 Å². The highest BCUT2D eigenvalue weighted by Crippen LogP contribution is 2.72. The molecule has 4 aliphatic rings. The van der Waals surface area contributed by atoms with Gasteiger partial charge in [-0.25, -0.2) is 0 Å². The second-order valence-electron chi connectivity index (χ2n) is 12.4. The number of furan rings is 1. The van der Waals surface area contributed by atoms with Gasteiger partial charge in [0.25, 0.3) is 0 Å². The minimum atomic E-state index is -0.769. The highest BCUT2D eigenvalue weighted by atomic mass is 16.5. The summed E-state index contributed by atoms with van der Waals surface area (Å²) in [6.07, 6.45) is 14.3. The smallest absolute Gasteiger partial charge is 0.104 e. The van der Waals surface area contributed by atoms with Crippen LogP contribution in [0.2, 0.25) is 0 Å². The fourth-order valence-corrected chi connectivity index (χ4v) is 9.23. The summed E-state index contributed by atoms with van der Waals surface area (Å²) in [5, 5.41) is 31.2. The van der Waals surface area contributed by atoms with Gasteiger partial charge in [-0.1, -0.05) is 13.8 Å². The van der Waals surface area contributed by atoms with Gasteiger partial charge < -0.3 is 29.2 Å². The van der Waals surface area contributed by atoms with Crippen LogP contribution < -0.4 is 0 Å². The second-order valence-corrected chi connectivity index (χ2v) is 12.4. The van der Waals surface area contributed by atoms with Crippen LogP contribution in [0.4, 0.5) is 0 Å². The molecule has 3 unspecified atom stereocenters. The Morgan fingerprint density at radius 3 is 2.49 bits per heavy atom. The van der Waals surface area contributed by atoms with Crippen molar-refractivity contribution in [3.05, 3.63) is 24.2 Å². The van der Waals surface area contributed by atoms with Crippen LogP contribution in [0.3, 0.4) is 0 Å². The average molecular weight is 491 g/mol. The number of ether oxygens (including phenoxy) is 2. The molecule has 0 radical (unpaired) electrons. The molecule has 1 aromatic heterocycles. The number of aliphatic hydroxyl groups excluding tert-OH is 2. The predicted molar refractivity (Wildman–Crippen MR) is 133 cm³/mol. The Balaban J connectivity index is 1.40. The Labute approximate surface area is 210 Å². The van der Waals surface area contributed by atoms with Gasteiger partial charge in [0.05, 0.1) is 24.2 Å². The molecular weight excluding hydrogens is 444 g/mol. The van der Waals surface area contributed by atoms with E-state index in [1.807, 2.05) is 6.07 Å². The largest absolute Gasteiger partial charge is 0.472 e. The summed E-state index contributed by atoms with van der Waals surface area (Å²) in [5.74, 6) is 1.45. The highest BCUT2D eigenvalue weighted by Gasteiger charge is 2.73. The number of fused-ring (bicyclic) bond motifs is 5. The molecule has 8 atom stereocenters. The Hall–Kier alpha value is -0.920. The first-order valence-electron chi connectivity index (χ1n) is 14.1. The van der Waals surface area contributed by atoms with Crippen LogP contribution in [0.15, 0.2) is 23.0 Å². The molecular formula is C29H46O6. The van der Waals surface area contributed by atoms with Gasteiger partial charge in [-0.3, -0.25) is 0 Å². The molecule has 4 saturated carbocycles. The van der Waals surface area contributed by atoms with Gasteiger partial charge in [-0.05, 0) is 99.9 Å². The minimum absolute atomic E-state index is 0.109. The minimum Gasteiger partial charge on any atom is -0.472 e. The third-order valence-electron chi connectivity index (χ3n) is 11.2. The molecule has 198 valence electrons. The summed E-state index contributed by atoms with van der Waals surface area (Å²) < 4.78 is 18.3. The van der Waals surface area contributed by atoms with Crippen molar-refractivity contribution in [1.29, 1.82) is 0 Å². The van der Waals surface area contributed by atoms with Crippen LogP contribution in [-0.4, -0.2) is 53.5 Å². The zero-order valence-electron chi connectivity index (χ0n) is 21.7. The van der Waals surface area contributed by atoms with E-state index in [1.165, 1.54) is 0 Å². The Bertz CT molecular complexity index is 842. The summed E-state index contributed by atoms with van der Waals surface area (Å²) in [5.41, 5.74) is -0.462. The number of hydrogen-bond donors (Lipinski definition) is 3. The fourth-order valence-electron chi connectivity index (χ4n) is 9.23. The van der Waals surface area contributed by atoms with Crippen molar-refractivity contribution in [2.75, 3.05) is 26.4 Å². The van der Waals surface area contributed by atoms with Gasteiger partial charge in [0.15, 0.2) is 0 Å². The van der Waals surface area contributed by atoms with Gasteiger partial charge in [0, 0.05) is 37.4 Å². The van der Waals surface area contributed by atoms with Crippen molar-refractivity contribution in [1.82, 2.24) is 0 Å². The van der Waals surface area contributed by atoms with Crippen LogP contribution in [0, 0.1) is 28.6 Å². The second kappa shape index (κ2) is 9.75. The molecule has 3 N–H and O–H groups in total. The normalized spacial score (nSPS) is 45.1. The van der Waals surface area contributed by atoms with Crippen LogP contribution >= 0.6 is 0 Å². The third kappa shape index (κ3) is 3.85. The van der Waals surface area contributed by atoms with Crippen molar-refractivity contribution < 1.29 is 29.2 Å². The van der Waals surface area contributed by atoms with Gasteiger partial charge in [0.1, 0.15) is 5.60 Å². The van der Waals surface area contributed by atoms with Gasteiger partial charge >= 0.3 is 0 Å². The van der Waals surface area contributed by atoms with Crippen molar-refractivity contribution in [3.8, 4) is 0 Å². The molecule has 5 rings (SSSR count). The average Bonchev–Trinajstić information content (AvgIpc) is 3.46. The maximum absolute atomic E-state index is 12.6. The molecule has 35 heavy (non-hydrogen) atoms. The molecule has 4 aliphatic carbocycles. The number of hydrogen-bond acceptors (Lipinski definition) is 6. The van der Waals surface area contributed by atoms with Gasteiger partial charge in [-0.15, -0.1) is 0 Å².